The SMILES string of the molecule is CNc1nc(C(C)c2ccc(-c3ccccc3)c(F)c2)cs1. The van der Waals surface area contributed by atoms with Gasteiger partial charge in [0.2, 0.25) is 0 Å². The Morgan fingerprint density at radius 3 is 2.55 bits per heavy atom. The first-order chi connectivity index (χ1) is 10.7. The van der Waals surface area contributed by atoms with E-state index in [0.29, 0.717) is 5.56 Å². The molecule has 0 aliphatic rings. The van der Waals surface area contributed by atoms with Gasteiger partial charge in [0.15, 0.2) is 5.13 Å². The second-order valence-electron chi connectivity index (χ2n) is 5.15. The van der Waals surface area contributed by atoms with Crippen molar-refractivity contribution < 1.29 is 4.39 Å². The molecule has 3 aromatic rings. The summed E-state index contributed by atoms with van der Waals surface area (Å²) in [6, 6.07) is 15.0. The zero-order valence-corrected chi connectivity index (χ0v) is 13.3. The van der Waals surface area contributed by atoms with Gasteiger partial charge in [-0.2, -0.15) is 0 Å². The van der Waals surface area contributed by atoms with Crippen molar-refractivity contribution in [1.29, 1.82) is 0 Å². The zero-order valence-electron chi connectivity index (χ0n) is 12.5. The van der Waals surface area contributed by atoms with Crippen LogP contribution >= 0.6 is 11.3 Å². The van der Waals surface area contributed by atoms with Crippen molar-refractivity contribution in [2.45, 2.75) is 12.8 Å². The van der Waals surface area contributed by atoms with E-state index in [1.807, 2.05) is 61.8 Å². The number of thiazole rings is 1. The van der Waals surface area contributed by atoms with E-state index in [1.165, 1.54) is 0 Å². The Kier molecular flexibility index (Phi) is 4.20. The van der Waals surface area contributed by atoms with Gasteiger partial charge in [0.05, 0.1) is 5.69 Å². The minimum absolute atomic E-state index is 0.0673. The fraction of sp³-hybridized carbons (Fsp3) is 0.167. The smallest absolute Gasteiger partial charge is 0.182 e. The van der Waals surface area contributed by atoms with E-state index in [9.17, 15) is 4.39 Å². The molecule has 1 aromatic heterocycles. The number of benzene rings is 2. The van der Waals surface area contributed by atoms with E-state index in [2.05, 4.69) is 10.3 Å². The molecule has 1 N–H and O–H groups in total. The van der Waals surface area contributed by atoms with E-state index in [-0.39, 0.29) is 11.7 Å². The normalized spacial score (nSPS) is 12.1. The van der Waals surface area contributed by atoms with Crippen LogP contribution in [-0.4, -0.2) is 12.0 Å². The number of anilines is 1. The molecule has 0 aliphatic heterocycles. The van der Waals surface area contributed by atoms with Crippen molar-refractivity contribution >= 4 is 16.5 Å². The van der Waals surface area contributed by atoms with Gasteiger partial charge in [-0.25, -0.2) is 9.37 Å². The fourth-order valence-corrected chi connectivity index (χ4v) is 3.19. The molecule has 2 aromatic carbocycles. The first-order valence-corrected chi connectivity index (χ1v) is 8.05. The third kappa shape index (κ3) is 2.88. The summed E-state index contributed by atoms with van der Waals surface area (Å²) in [6.45, 7) is 2.05. The molecule has 0 saturated heterocycles. The maximum atomic E-state index is 14.5. The largest absolute Gasteiger partial charge is 0.365 e. The summed E-state index contributed by atoms with van der Waals surface area (Å²) in [5.41, 5.74) is 3.42. The van der Waals surface area contributed by atoms with Gasteiger partial charge < -0.3 is 5.32 Å². The van der Waals surface area contributed by atoms with E-state index in [4.69, 9.17) is 0 Å². The average molecular weight is 312 g/mol. The molecule has 0 saturated carbocycles. The van der Waals surface area contributed by atoms with Crippen molar-refractivity contribution in [2.24, 2.45) is 0 Å². The van der Waals surface area contributed by atoms with Gasteiger partial charge in [-0.3, -0.25) is 0 Å². The fourth-order valence-electron chi connectivity index (χ4n) is 2.42. The summed E-state index contributed by atoms with van der Waals surface area (Å²) >= 11 is 1.56. The average Bonchev–Trinajstić information content (AvgIpc) is 3.04. The van der Waals surface area contributed by atoms with Crippen molar-refractivity contribution in [2.75, 3.05) is 12.4 Å². The molecule has 1 heterocycles. The van der Waals surface area contributed by atoms with Crippen LogP contribution in [0.25, 0.3) is 11.1 Å². The highest BCUT2D eigenvalue weighted by Gasteiger charge is 2.14. The summed E-state index contributed by atoms with van der Waals surface area (Å²) in [6.07, 6.45) is 0. The topological polar surface area (TPSA) is 24.9 Å². The van der Waals surface area contributed by atoms with Gasteiger partial charge in [-0.1, -0.05) is 49.4 Å². The van der Waals surface area contributed by atoms with Crippen LogP contribution in [0.5, 0.6) is 0 Å². The Morgan fingerprint density at radius 2 is 1.91 bits per heavy atom. The highest BCUT2D eigenvalue weighted by molar-refractivity contribution is 7.13. The summed E-state index contributed by atoms with van der Waals surface area (Å²) in [4.78, 5) is 4.50. The van der Waals surface area contributed by atoms with E-state index < -0.39 is 0 Å². The number of nitrogens with one attached hydrogen (secondary N) is 1. The lowest BCUT2D eigenvalue weighted by Gasteiger charge is -2.11. The maximum Gasteiger partial charge on any atom is 0.182 e. The Hall–Kier alpha value is -2.20. The molecule has 2 nitrogen and oxygen atoms in total. The number of aromatic nitrogens is 1. The van der Waals surface area contributed by atoms with Crippen molar-refractivity contribution in [3.63, 3.8) is 0 Å². The number of nitrogens with zero attached hydrogens (tertiary/aromatic N) is 1. The Morgan fingerprint density at radius 1 is 1.14 bits per heavy atom. The number of hydrogen-bond acceptors (Lipinski definition) is 3. The molecule has 0 spiro atoms. The second-order valence-corrected chi connectivity index (χ2v) is 6.01. The van der Waals surface area contributed by atoms with Crippen LogP contribution in [0.2, 0.25) is 0 Å². The summed E-state index contributed by atoms with van der Waals surface area (Å²) in [5.74, 6) is -0.128. The van der Waals surface area contributed by atoms with Crippen LogP contribution in [0.4, 0.5) is 9.52 Å². The molecule has 22 heavy (non-hydrogen) atoms. The monoisotopic (exact) mass is 312 g/mol. The summed E-state index contributed by atoms with van der Waals surface area (Å²) in [5, 5.41) is 5.92. The van der Waals surface area contributed by atoms with Crippen LogP contribution in [0, 0.1) is 5.82 Å². The number of halogens is 1. The Labute approximate surface area is 133 Å². The molecule has 3 rings (SSSR count). The molecule has 0 radical (unpaired) electrons. The van der Waals surface area contributed by atoms with Gasteiger partial charge in [-0.05, 0) is 17.2 Å². The highest BCUT2D eigenvalue weighted by atomic mass is 32.1. The highest BCUT2D eigenvalue weighted by Crippen LogP contribution is 2.30. The number of rotatable bonds is 4. The van der Waals surface area contributed by atoms with E-state index in [1.54, 1.807) is 17.4 Å². The van der Waals surface area contributed by atoms with Gasteiger partial charge >= 0.3 is 0 Å². The molecular formula is C18H17FN2S. The summed E-state index contributed by atoms with van der Waals surface area (Å²) in [7, 11) is 1.85. The predicted octanol–water partition coefficient (Wildman–Crippen LogP) is 5.14. The van der Waals surface area contributed by atoms with Gasteiger partial charge in [0.1, 0.15) is 5.82 Å². The first kappa shape index (κ1) is 14.7. The van der Waals surface area contributed by atoms with Crippen LogP contribution in [0.15, 0.2) is 53.9 Å². The molecule has 0 aliphatic carbocycles. The molecule has 112 valence electrons. The molecule has 1 unspecified atom stereocenters. The van der Waals surface area contributed by atoms with Gasteiger partial charge in [0.25, 0.3) is 0 Å². The number of hydrogen-bond donors (Lipinski definition) is 1. The molecule has 4 heteroatoms. The van der Waals surface area contributed by atoms with Crippen molar-refractivity contribution in [1.82, 2.24) is 4.98 Å². The van der Waals surface area contributed by atoms with Crippen LogP contribution in [-0.2, 0) is 0 Å². The molecule has 0 bridgehead atoms. The molecule has 0 amide bonds. The third-order valence-corrected chi connectivity index (χ3v) is 4.64. The lowest BCUT2D eigenvalue weighted by Crippen LogP contribution is -1.99. The quantitative estimate of drug-likeness (QED) is 0.721. The van der Waals surface area contributed by atoms with Crippen molar-refractivity contribution in [3.8, 4) is 11.1 Å². The zero-order chi connectivity index (χ0) is 15.5. The summed E-state index contributed by atoms with van der Waals surface area (Å²) < 4.78 is 14.5. The van der Waals surface area contributed by atoms with Gasteiger partial charge in [-0.15, -0.1) is 11.3 Å². The van der Waals surface area contributed by atoms with Crippen molar-refractivity contribution in [3.05, 3.63) is 71.0 Å². The van der Waals surface area contributed by atoms with Crippen LogP contribution < -0.4 is 5.32 Å². The molecular weight excluding hydrogens is 295 g/mol. The van der Waals surface area contributed by atoms with Gasteiger partial charge in [0, 0.05) is 23.9 Å². The lowest BCUT2D eigenvalue weighted by atomic mass is 9.95. The maximum absolute atomic E-state index is 14.5. The van der Waals surface area contributed by atoms with Crippen LogP contribution in [0.1, 0.15) is 24.1 Å². The van der Waals surface area contributed by atoms with E-state index in [0.717, 1.165) is 22.0 Å². The molecule has 0 fully saturated rings. The van der Waals surface area contributed by atoms with Crippen LogP contribution in [0.3, 0.4) is 0 Å². The standard InChI is InChI=1S/C18H17FN2S/c1-12(17-11-22-18(20-2)21-17)14-8-9-15(16(19)10-14)13-6-4-3-5-7-13/h3-12H,1-2H3,(H,20,21). The van der Waals surface area contributed by atoms with E-state index >= 15 is 0 Å². The minimum Gasteiger partial charge on any atom is -0.365 e. The predicted molar refractivity (Wildman–Crippen MR) is 91.0 cm³/mol. The minimum atomic E-state index is -0.195. The Balaban J connectivity index is 1.91. The molecule has 1 atom stereocenters. The first-order valence-electron chi connectivity index (χ1n) is 7.17. The second kappa shape index (κ2) is 6.28. The Bertz CT molecular complexity index is 768. The third-order valence-electron chi connectivity index (χ3n) is 3.76. The lowest BCUT2D eigenvalue weighted by molar-refractivity contribution is 0.627.